The summed E-state index contributed by atoms with van der Waals surface area (Å²) in [6, 6.07) is 9.99. The Morgan fingerprint density at radius 1 is 1.15 bits per heavy atom. The summed E-state index contributed by atoms with van der Waals surface area (Å²) in [7, 11) is 0. The van der Waals surface area contributed by atoms with Crippen molar-refractivity contribution in [3.05, 3.63) is 72.2 Å². The number of likely N-dealkylation sites (tertiary alicyclic amines) is 2. The summed E-state index contributed by atoms with van der Waals surface area (Å²) in [5.41, 5.74) is 9.83. The van der Waals surface area contributed by atoms with Crippen LogP contribution in [0.1, 0.15) is 45.1 Å². The molecule has 2 saturated heterocycles. The molecule has 0 atom stereocenters. The molecule has 2 aliphatic heterocycles. The van der Waals surface area contributed by atoms with Crippen molar-refractivity contribution >= 4 is 11.9 Å². The van der Waals surface area contributed by atoms with E-state index in [1.165, 1.54) is 0 Å². The van der Waals surface area contributed by atoms with Crippen molar-refractivity contribution in [3.63, 3.8) is 0 Å². The molecule has 0 saturated carbocycles. The zero-order valence-electron chi connectivity index (χ0n) is 20.2. The molecule has 178 valence electrons. The van der Waals surface area contributed by atoms with Crippen molar-refractivity contribution < 1.29 is 4.79 Å². The van der Waals surface area contributed by atoms with Crippen LogP contribution in [0.15, 0.2) is 71.6 Å². The normalized spacial score (nSPS) is 18.9. The highest BCUT2D eigenvalue weighted by Gasteiger charge is 2.45. The topological polar surface area (TPSA) is 87.7 Å². The fourth-order valence-electron chi connectivity index (χ4n) is 5.05. The number of aliphatic imine (C=N–C) groups is 1. The van der Waals surface area contributed by atoms with E-state index in [4.69, 9.17) is 5.73 Å². The predicted octanol–water partition coefficient (Wildman–Crippen LogP) is 4.14. The third-order valence-corrected chi connectivity index (χ3v) is 6.74. The van der Waals surface area contributed by atoms with Crippen molar-refractivity contribution in [2.24, 2.45) is 16.1 Å². The van der Waals surface area contributed by atoms with Gasteiger partial charge in [0.1, 0.15) is 0 Å². The monoisotopic (exact) mass is 458 g/mol. The maximum absolute atomic E-state index is 13.6. The van der Waals surface area contributed by atoms with Crippen molar-refractivity contribution in [1.29, 1.82) is 0 Å². The lowest BCUT2D eigenvalue weighted by atomic mass is 9.71. The Morgan fingerprint density at radius 3 is 2.59 bits per heavy atom. The maximum Gasteiger partial charge on any atom is 0.229 e. The summed E-state index contributed by atoms with van der Waals surface area (Å²) in [5.74, 6) is 1.49. The molecule has 1 amide bonds. The van der Waals surface area contributed by atoms with Gasteiger partial charge in [0.05, 0.1) is 5.41 Å². The fraction of sp³-hybridized carbons (Fsp3) is 0.407. The molecule has 0 radical (unpaired) electrons. The van der Waals surface area contributed by atoms with Gasteiger partial charge in [0, 0.05) is 49.8 Å². The maximum atomic E-state index is 13.6. The summed E-state index contributed by atoms with van der Waals surface area (Å²) in [6.07, 6.45) is 8.99. The van der Waals surface area contributed by atoms with E-state index in [1.807, 2.05) is 43.0 Å². The number of piperidine rings is 2. The van der Waals surface area contributed by atoms with Crippen LogP contribution in [0.3, 0.4) is 0 Å². The molecular formula is C27H34N6O. The molecule has 2 fully saturated rings. The van der Waals surface area contributed by atoms with E-state index >= 15 is 0 Å². The molecule has 2 aliphatic rings. The van der Waals surface area contributed by atoms with Gasteiger partial charge in [0.2, 0.25) is 5.91 Å². The SMILES string of the molecule is C=C(C)/C=C(/C)N=C(N)N1CCC2(CCCN(Cc3cccc(-c4ncccn4)c3)C2=O)CC1. The Balaban J connectivity index is 1.42. The quantitative estimate of drug-likeness (QED) is 0.413. The number of hydrogen-bond acceptors (Lipinski definition) is 4. The van der Waals surface area contributed by atoms with Crippen LogP contribution in [0.4, 0.5) is 0 Å². The molecule has 0 bridgehead atoms. The minimum Gasteiger partial charge on any atom is -0.369 e. The van der Waals surface area contributed by atoms with Gasteiger partial charge in [-0.2, -0.15) is 0 Å². The molecule has 1 aromatic heterocycles. The molecule has 7 heteroatoms. The van der Waals surface area contributed by atoms with Gasteiger partial charge in [-0.1, -0.05) is 30.4 Å². The van der Waals surface area contributed by atoms with E-state index in [0.29, 0.717) is 18.3 Å². The minimum absolute atomic E-state index is 0.272. The highest BCUT2D eigenvalue weighted by molar-refractivity contribution is 5.84. The Labute approximate surface area is 202 Å². The van der Waals surface area contributed by atoms with Gasteiger partial charge in [0.25, 0.3) is 0 Å². The van der Waals surface area contributed by atoms with Gasteiger partial charge in [-0.15, -0.1) is 0 Å². The third-order valence-electron chi connectivity index (χ3n) is 6.74. The molecule has 2 N–H and O–H groups in total. The van der Waals surface area contributed by atoms with E-state index in [-0.39, 0.29) is 11.3 Å². The number of benzene rings is 1. The fourth-order valence-corrected chi connectivity index (χ4v) is 5.05. The van der Waals surface area contributed by atoms with E-state index in [0.717, 1.165) is 67.7 Å². The molecule has 1 aromatic carbocycles. The summed E-state index contributed by atoms with van der Waals surface area (Å²) in [6.45, 7) is 10.6. The van der Waals surface area contributed by atoms with E-state index in [2.05, 4.69) is 38.6 Å². The smallest absolute Gasteiger partial charge is 0.229 e. The first-order valence-electron chi connectivity index (χ1n) is 11.9. The molecule has 0 aliphatic carbocycles. The molecular weight excluding hydrogens is 424 g/mol. The second-order valence-corrected chi connectivity index (χ2v) is 9.47. The van der Waals surface area contributed by atoms with Gasteiger partial charge in [-0.05, 0) is 63.3 Å². The molecule has 1 spiro atoms. The van der Waals surface area contributed by atoms with Crippen LogP contribution in [0.2, 0.25) is 0 Å². The molecule has 0 unspecified atom stereocenters. The Kier molecular flexibility index (Phi) is 7.10. The summed E-state index contributed by atoms with van der Waals surface area (Å²) < 4.78 is 0. The number of amides is 1. The van der Waals surface area contributed by atoms with Crippen LogP contribution in [0.25, 0.3) is 11.4 Å². The van der Waals surface area contributed by atoms with Crippen LogP contribution in [0, 0.1) is 5.41 Å². The largest absolute Gasteiger partial charge is 0.369 e. The van der Waals surface area contributed by atoms with Crippen molar-refractivity contribution in [2.75, 3.05) is 19.6 Å². The number of rotatable bonds is 5. The standard InChI is InChI=1S/C27H34N6O/c1-20(2)17-21(3)31-26(28)32-15-10-27(11-16-32)9-5-14-33(25(27)34)19-22-7-4-8-23(18-22)24-29-12-6-13-30-24/h4,6-8,12-13,17-18H,1,5,9-11,14-16,19H2,2-3H3,(H2,28,31)/b21-17-. The van der Waals surface area contributed by atoms with Gasteiger partial charge < -0.3 is 15.5 Å². The minimum atomic E-state index is -0.294. The highest BCUT2D eigenvalue weighted by atomic mass is 16.2. The molecule has 7 nitrogen and oxygen atoms in total. The van der Waals surface area contributed by atoms with Crippen LogP contribution in [-0.4, -0.2) is 51.3 Å². The van der Waals surface area contributed by atoms with Gasteiger partial charge in [-0.25, -0.2) is 15.0 Å². The van der Waals surface area contributed by atoms with E-state index in [1.54, 1.807) is 12.4 Å². The van der Waals surface area contributed by atoms with Gasteiger partial charge >= 0.3 is 0 Å². The van der Waals surface area contributed by atoms with Crippen LogP contribution >= 0.6 is 0 Å². The second-order valence-electron chi connectivity index (χ2n) is 9.47. The van der Waals surface area contributed by atoms with E-state index < -0.39 is 0 Å². The molecule has 3 heterocycles. The van der Waals surface area contributed by atoms with Crippen LogP contribution < -0.4 is 5.73 Å². The number of hydrogen-bond donors (Lipinski definition) is 1. The summed E-state index contributed by atoms with van der Waals surface area (Å²) in [5, 5.41) is 0. The lowest BCUT2D eigenvalue weighted by Gasteiger charge is -2.46. The average molecular weight is 459 g/mol. The number of allylic oxidation sites excluding steroid dienone is 3. The third kappa shape index (κ3) is 5.35. The Bertz CT molecular complexity index is 1100. The molecule has 34 heavy (non-hydrogen) atoms. The lowest BCUT2D eigenvalue weighted by molar-refractivity contribution is -0.150. The van der Waals surface area contributed by atoms with Crippen LogP contribution in [-0.2, 0) is 11.3 Å². The van der Waals surface area contributed by atoms with Gasteiger partial charge in [-0.3, -0.25) is 4.79 Å². The number of aromatic nitrogens is 2. The van der Waals surface area contributed by atoms with Crippen molar-refractivity contribution in [2.45, 2.75) is 46.1 Å². The molecule has 4 rings (SSSR count). The Hall–Kier alpha value is -3.48. The van der Waals surface area contributed by atoms with E-state index in [9.17, 15) is 4.79 Å². The number of guanidine groups is 1. The predicted molar refractivity (Wildman–Crippen MR) is 136 cm³/mol. The Morgan fingerprint density at radius 2 is 1.88 bits per heavy atom. The van der Waals surface area contributed by atoms with Gasteiger partial charge in [0.15, 0.2) is 11.8 Å². The number of carbonyl (C=O) groups excluding carboxylic acids is 1. The van der Waals surface area contributed by atoms with Crippen molar-refractivity contribution in [3.8, 4) is 11.4 Å². The highest BCUT2D eigenvalue weighted by Crippen LogP contribution is 2.41. The average Bonchev–Trinajstić information content (AvgIpc) is 2.83. The zero-order valence-corrected chi connectivity index (χ0v) is 20.2. The van der Waals surface area contributed by atoms with Crippen molar-refractivity contribution in [1.82, 2.24) is 19.8 Å². The zero-order chi connectivity index (χ0) is 24.1. The first-order chi connectivity index (χ1) is 16.4. The first kappa shape index (κ1) is 23.7. The number of nitrogens with zero attached hydrogens (tertiary/aromatic N) is 5. The number of carbonyl (C=O) groups is 1. The number of nitrogens with two attached hydrogens (primary N) is 1. The second kappa shape index (κ2) is 10.2. The summed E-state index contributed by atoms with van der Waals surface area (Å²) >= 11 is 0. The van der Waals surface area contributed by atoms with Crippen LogP contribution in [0.5, 0.6) is 0 Å². The lowest BCUT2D eigenvalue weighted by Crippen LogP contribution is -2.55. The first-order valence-corrected chi connectivity index (χ1v) is 11.9. The summed E-state index contributed by atoms with van der Waals surface area (Å²) in [4.78, 5) is 31.0. The molecule has 2 aromatic rings.